The third kappa shape index (κ3) is 3.71. The number of benzene rings is 1. The standard InChI is InChI=1S/C12H15N3O/c13-7-4-8-15(12(16)9-14)10-11-5-2-1-3-6-11/h1-3,5-6H,4,8-10,14H2. The number of nitrogens with two attached hydrogens (primary N) is 1. The lowest BCUT2D eigenvalue weighted by Crippen LogP contribution is -2.36. The topological polar surface area (TPSA) is 70.1 Å². The molecule has 0 unspecified atom stereocenters. The van der Waals surface area contributed by atoms with E-state index in [-0.39, 0.29) is 12.5 Å². The van der Waals surface area contributed by atoms with Gasteiger partial charge in [0.1, 0.15) is 0 Å². The lowest BCUT2D eigenvalue weighted by atomic mass is 10.2. The van der Waals surface area contributed by atoms with E-state index in [0.717, 1.165) is 5.56 Å². The molecule has 0 heterocycles. The molecule has 0 aliphatic rings. The fourth-order valence-electron chi connectivity index (χ4n) is 1.41. The van der Waals surface area contributed by atoms with Crippen molar-refractivity contribution < 1.29 is 4.79 Å². The predicted octanol–water partition coefficient (Wildman–Crippen LogP) is 0.888. The molecule has 0 spiro atoms. The van der Waals surface area contributed by atoms with Crippen molar-refractivity contribution in [3.05, 3.63) is 35.9 Å². The van der Waals surface area contributed by atoms with E-state index in [4.69, 9.17) is 11.0 Å². The number of hydrogen-bond acceptors (Lipinski definition) is 3. The highest BCUT2D eigenvalue weighted by Crippen LogP contribution is 2.05. The summed E-state index contributed by atoms with van der Waals surface area (Å²) in [5.74, 6) is -0.126. The van der Waals surface area contributed by atoms with Gasteiger partial charge in [-0.2, -0.15) is 5.26 Å². The molecule has 2 N–H and O–H groups in total. The number of hydrogen-bond donors (Lipinski definition) is 1. The van der Waals surface area contributed by atoms with Gasteiger partial charge in [0.15, 0.2) is 0 Å². The Balaban J connectivity index is 2.64. The van der Waals surface area contributed by atoms with Crippen LogP contribution in [0.15, 0.2) is 30.3 Å². The summed E-state index contributed by atoms with van der Waals surface area (Å²) in [7, 11) is 0. The third-order valence-corrected chi connectivity index (χ3v) is 2.24. The number of carbonyl (C=O) groups is 1. The maximum absolute atomic E-state index is 11.5. The van der Waals surface area contributed by atoms with Crippen LogP contribution in [0.3, 0.4) is 0 Å². The molecule has 1 aromatic rings. The largest absolute Gasteiger partial charge is 0.336 e. The molecule has 0 bridgehead atoms. The van der Waals surface area contributed by atoms with Crippen LogP contribution in [0.2, 0.25) is 0 Å². The highest BCUT2D eigenvalue weighted by atomic mass is 16.2. The number of rotatable bonds is 5. The Bertz CT molecular complexity index is 370. The van der Waals surface area contributed by atoms with Gasteiger partial charge in [0.05, 0.1) is 19.0 Å². The number of nitrogens with zero attached hydrogens (tertiary/aromatic N) is 2. The van der Waals surface area contributed by atoms with Crippen molar-refractivity contribution in [1.82, 2.24) is 4.90 Å². The Kier molecular flexibility index (Phi) is 5.03. The first kappa shape index (κ1) is 12.2. The van der Waals surface area contributed by atoms with E-state index in [1.165, 1.54) is 0 Å². The van der Waals surface area contributed by atoms with Crippen molar-refractivity contribution in [1.29, 1.82) is 5.26 Å². The Morgan fingerprint density at radius 2 is 2.06 bits per heavy atom. The minimum Gasteiger partial charge on any atom is -0.336 e. The van der Waals surface area contributed by atoms with Crippen molar-refractivity contribution >= 4 is 5.91 Å². The van der Waals surface area contributed by atoms with Crippen LogP contribution in [0.25, 0.3) is 0 Å². The molecule has 0 saturated carbocycles. The quantitative estimate of drug-likeness (QED) is 0.796. The van der Waals surface area contributed by atoms with E-state index < -0.39 is 0 Å². The molecule has 0 fully saturated rings. The monoisotopic (exact) mass is 217 g/mol. The molecule has 4 nitrogen and oxygen atoms in total. The van der Waals surface area contributed by atoms with Crippen LogP contribution in [-0.2, 0) is 11.3 Å². The van der Waals surface area contributed by atoms with E-state index in [1.54, 1.807) is 4.90 Å². The maximum atomic E-state index is 11.5. The van der Waals surface area contributed by atoms with Gasteiger partial charge in [-0.15, -0.1) is 0 Å². The zero-order valence-corrected chi connectivity index (χ0v) is 9.10. The van der Waals surface area contributed by atoms with Gasteiger partial charge >= 0.3 is 0 Å². The fraction of sp³-hybridized carbons (Fsp3) is 0.333. The van der Waals surface area contributed by atoms with Crippen LogP contribution >= 0.6 is 0 Å². The zero-order chi connectivity index (χ0) is 11.8. The van der Waals surface area contributed by atoms with Crippen molar-refractivity contribution in [2.24, 2.45) is 5.73 Å². The van der Waals surface area contributed by atoms with E-state index in [1.807, 2.05) is 36.4 Å². The van der Waals surface area contributed by atoms with Gasteiger partial charge in [0.25, 0.3) is 0 Å². The lowest BCUT2D eigenvalue weighted by molar-refractivity contribution is -0.130. The van der Waals surface area contributed by atoms with E-state index in [2.05, 4.69) is 0 Å². The van der Waals surface area contributed by atoms with Crippen LogP contribution in [0, 0.1) is 11.3 Å². The van der Waals surface area contributed by atoms with Crippen molar-refractivity contribution in [3.8, 4) is 6.07 Å². The Morgan fingerprint density at radius 1 is 1.38 bits per heavy atom. The molecule has 0 saturated heterocycles. The normalized spacial score (nSPS) is 9.50. The summed E-state index contributed by atoms with van der Waals surface area (Å²) in [5.41, 5.74) is 6.37. The molecular formula is C12H15N3O. The lowest BCUT2D eigenvalue weighted by Gasteiger charge is -2.20. The van der Waals surface area contributed by atoms with E-state index >= 15 is 0 Å². The van der Waals surface area contributed by atoms with Gasteiger partial charge < -0.3 is 10.6 Å². The third-order valence-electron chi connectivity index (χ3n) is 2.24. The summed E-state index contributed by atoms with van der Waals surface area (Å²) in [6.07, 6.45) is 0.332. The minimum atomic E-state index is -0.126. The first-order valence-electron chi connectivity index (χ1n) is 5.16. The Hall–Kier alpha value is -1.86. The molecule has 0 aromatic heterocycles. The summed E-state index contributed by atoms with van der Waals surface area (Å²) in [6, 6.07) is 11.7. The molecular weight excluding hydrogens is 202 g/mol. The first-order chi connectivity index (χ1) is 7.77. The molecule has 0 radical (unpaired) electrons. The van der Waals surface area contributed by atoms with Crippen LogP contribution in [0.4, 0.5) is 0 Å². The highest BCUT2D eigenvalue weighted by Gasteiger charge is 2.11. The first-order valence-corrected chi connectivity index (χ1v) is 5.16. The van der Waals surface area contributed by atoms with E-state index in [9.17, 15) is 4.79 Å². The van der Waals surface area contributed by atoms with Gasteiger partial charge in [0, 0.05) is 13.1 Å². The molecule has 1 rings (SSSR count). The second kappa shape index (κ2) is 6.59. The maximum Gasteiger partial charge on any atom is 0.236 e. The smallest absolute Gasteiger partial charge is 0.236 e. The summed E-state index contributed by atoms with van der Waals surface area (Å²) >= 11 is 0. The summed E-state index contributed by atoms with van der Waals surface area (Å²) < 4.78 is 0. The number of amides is 1. The SMILES string of the molecule is N#CCCN(Cc1ccccc1)C(=O)CN. The molecule has 1 amide bonds. The average Bonchev–Trinajstić information content (AvgIpc) is 2.34. The molecule has 0 aliphatic heterocycles. The summed E-state index contributed by atoms with van der Waals surface area (Å²) in [6.45, 7) is 0.929. The molecule has 0 aliphatic carbocycles. The average molecular weight is 217 g/mol. The van der Waals surface area contributed by atoms with Crippen molar-refractivity contribution in [2.75, 3.05) is 13.1 Å². The highest BCUT2D eigenvalue weighted by molar-refractivity contribution is 5.78. The molecule has 0 atom stereocenters. The minimum absolute atomic E-state index is 0.0156. The fourth-order valence-corrected chi connectivity index (χ4v) is 1.41. The Morgan fingerprint density at radius 3 is 2.62 bits per heavy atom. The van der Waals surface area contributed by atoms with E-state index in [0.29, 0.717) is 19.5 Å². The molecule has 4 heteroatoms. The van der Waals surface area contributed by atoms with Crippen molar-refractivity contribution in [3.63, 3.8) is 0 Å². The van der Waals surface area contributed by atoms with Gasteiger partial charge in [-0.1, -0.05) is 30.3 Å². The van der Waals surface area contributed by atoms with Gasteiger partial charge in [-0.3, -0.25) is 4.79 Å². The molecule has 16 heavy (non-hydrogen) atoms. The van der Waals surface area contributed by atoms with Gasteiger partial charge in [-0.25, -0.2) is 0 Å². The number of carbonyl (C=O) groups excluding carboxylic acids is 1. The molecule has 84 valence electrons. The van der Waals surface area contributed by atoms with Gasteiger partial charge in [-0.05, 0) is 5.56 Å². The molecule has 1 aromatic carbocycles. The second-order valence-corrected chi connectivity index (χ2v) is 3.41. The van der Waals surface area contributed by atoms with Crippen LogP contribution in [0.5, 0.6) is 0 Å². The van der Waals surface area contributed by atoms with Crippen LogP contribution in [0.1, 0.15) is 12.0 Å². The van der Waals surface area contributed by atoms with Crippen molar-refractivity contribution in [2.45, 2.75) is 13.0 Å². The van der Waals surface area contributed by atoms with Crippen LogP contribution < -0.4 is 5.73 Å². The number of nitriles is 1. The summed E-state index contributed by atoms with van der Waals surface area (Å²) in [5, 5.41) is 8.52. The Labute approximate surface area is 95.3 Å². The van der Waals surface area contributed by atoms with Crippen LogP contribution in [-0.4, -0.2) is 23.9 Å². The summed E-state index contributed by atoms with van der Waals surface area (Å²) in [4.78, 5) is 13.1. The van der Waals surface area contributed by atoms with Gasteiger partial charge in [0.2, 0.25) is 5.91 Å². The predicted molar refractivity (Wildman–Crippen MR) is 61.1 cm³/mol. The second-order valence-electron chi connectivity index (χ2n) is 3.41. The zero-order valence-electron chi connectivity index (χ0n) is 9.10.